The fraction of sp³-hybridized carbons (Fsp3) is 0.263. The van der Waals surface area contributed by atoms with Crippen LogP contribution in [0.15, 0.2) is 51.9 Å². The molecule has 2 aromatic carbocycles. The molecule has 0 amide bonds. The molecule has 0 N–H and O–H groups in total. The Hall–Kier alpha value is -3.06. The lowest BCUT2D eigenvalue weighted by molar-refractivity contribution is -0.386. The van der Waals surface area contributed by atoms with Gasteiger partial charge in [0.25, 0.3) is 5.89 Å². The van der Waals surface area contributed by atoms with Crippen LogP contribution in [0.25, 0.3) is 11.4 Å². The Kier molecular flexibility index (Phi) is 6.37. The Morgan fingerprint density at radius 1 is 1.19 bits per heavy atom. The number of aromatic nitrogens is 2. The number of morpholine rings is 1. The first-order chi connectivity index (χ1) is 15.3. The van der Waals surface area contributed by atoms with Gasteiger partial charge < -0.3 is 14.0 Å². The monoisotopic (exact) mass is 480 g/mol. The zero-order chi connectivity index (χ0) is 22.7. The van der Waals surface area contributed by atoms with Gasteiger partial charge in [0.2, 0.25) is 15.8 Å². The summed E-state index contributed by atoms with van der Waals surface area (Å²) < 4.78 is 42.5. The van der Waals surface area contributed by atoms with E-state index >= 15 is 0 Å². The van der Waals surface area contributed by atoms with Crippen LogP contribution >= 0.6 is 11.6 Å². The molecule has 0 aliphatic carbocycles. The molecule has 0 radical (unpaired) electrons. The molecular formula is C19H17ClN4O7S. The third kappa shape index (κ3) is 4.72. The molecule has 1 aliphatic heterocycles. The van der Waals surface area contributed by atoms with Crippen LogP contribution in [-0.4, -0.2) is 54.1 Å². The Morgan fingerprint density at radius 2 is 1.97 bits per heavy atom. The standard InChI is InChI=1S/C19H17ClN4O7S/c20-14-3-1-2-13(10-14)19-21-18(31-22-19)12-30-17-5-4-15(11-16(17)24(25)26)32(27,28)23-6-8-29-9-7-23/h1-5,10-11H,6-9,12H2. The van der Waals surface area contributed by atoms with Crippen molar-refractivity contribution in [2.45, 2.75) is 11.5 Å². The summed E-state index contributed by atoms with van der Waals surface area (Å²) in [5.41, 5.74) is 0.144. The molecule has 0 unspecified atom stereocenters. The molecule has 13 heteroatoms. The van der Waals surface area contributed by atoms with Gasteiger partial charge in [-0.1, -0.05) is 28.9 Å². The average Bonchev–Trinajstić information content (AvgIpc) is 3.27. The van der Waals surface area contributed by atoms with Gasteiger partial charge in [-0.3, -0.25) is 10.1 Å². The maximum absolute atomic E-state index is 12.8. The van der Waals surface area contributed by atoms with Crippen molar-refractivity contribution in [3.63, 3.8) is 0 Å². The van der Waals surface area contributed by atoms with Crippen LogP contribution in [0.5, 0.6) is 5.75 Å². The van der Waals surface area contributed by atoms with Gasteiger partial charge in [-0.25, -0.2) is 8.42 Å². The summed E-state index contributed by atoms with van der Waals surface area (Å²) in [6.45, 7) is 0.652. The highest BCUT2D eigenvalue weighted by Crippen LogP contribution is 2.32. The van der Waals surface area contributed by atoms with Gasteiger partial charge in [0, 0.05) is 29.7 Å². The SMILES string of the molecule is O=[N+]([O-])c1cc(S(=O)(=O)N2CCOCC2)ccc1OCc1nc(-c2cccc(Cl)c2)no1. The predicted octanol–water partition coefficient (Wildman–Crippen LogP) is 2.90. The topological polar surface area (TPSA) is 138 Å². The first-order valence-electron chi connectivity index (χ1n) is 9.42. The second-order valence-electron chi connectivity index (χ2n) is 6.71. The van der Waals surface area contributed by atoms with Crippen LogP contribution in [0.2, 0.25) is 5.02 Å². The summed E-state index contributed by atoms with van der Waals surface area (Å²) in [5, 5.41) is 15.9. The van der Waals surface area contributed by atoms with E-state index in [0.29, 0.717) is 10.6 Å². The number of hydrogen-bond donors (Lipinski definition) is 0. The molecule has 4 rings (SSSR count). The summed E-state index contributed by atoms with van der Waals surface area (Å²) >= 11 is 5.96. The molecule has 3 aromatic rings. The maximum Gasteiger partial charge on any atom is 0.312 e. The lowest BCUT2D eigenvalue weighted by Gasteiger charge is -2.26. The zero-order valence-electron chi connectivity index (χ0n) is 16.5. The first kappa shape index (κ1) is 22.1. The second-order valence-corrected chi connectivity index (χ2v) is 9.09. The van der Waals surface area contributed by atoms with Crippen molar-refractivity contribution in [3.05, 3.63) is 63.5 Å². The van der Waals surface area contributed by atoms with Crippen molar-refractivity contribution < 1.29 is 27.3 Å². The van der Waals surface area contributed by atoms with Gasteiger partial charge in [-0.05, 0) is 24.3 Å². The highest BCUT2D eigenvalue weighted by molar-refractivity contribution is 7.89. The molecular weight excluding hydrogens is 464 g/mol. The third-order valence-electron chi connectivity index (χ3n) is 4.64. The number of benzene rings is 2. The molecule has 0 saturated carbocycles. The van der Waals surface area contributed by atoms with Crippen LogP contribution in [-0.2, 0) is 21.4 Å². The van der Waals surface area contributed by atoms with Gasteiger partial charge >= 0.3 is 5.69 Å². The quantitative estimate of drug-likeness (QED) is 0.369. The Labute approximate surface area is 187 Å². The zero-order valence-corrected chi connectivity index (χ0v) is 18.1. The van der Waals surface area contributed by atoms with Crippen LogP contribution in [0.3, 0.4) is 0 Å². The molecule has 1 fully saturated rings. The molecule has 1 aromatic heterocycles. The molecule has 0 atom stereocenters. The summed E-state index contributed by atoms with van der Waals surface area (Å²) in [6.07, 6.45) is 0. The number of rotatable bonds is 7. The minimum atomic E-state index is -3.89. The van der Waals surface area contributed by atoms with Gasteiger partial charge in [-0.15, -0.1) is 0 Å². The number of ether oxygens (including phenoxy) is 2. The van der Waals surface area contributed by atoms with Crippen molar-refractivity contribution in [1.82, 2.24) is 14.4 Å². The van der Waals surface area contributed by atoms with Crippen molar-refractivity contribution in [1.29, 1.82) is 0 Å². The molecule has 0 bridgehead atoms. The highest BCUT2D eigenvalue weighted by Gasteiger charge is 2.29. The van der Waals surface area contributed by atoms with Gasteiger partial charge in [0.05, 0.1) is 23.0 Å². The van der Waals surface area contributed by atoms with Crippen LogP contribution in [0, 0.1) is 10.1 Å². The minimum absolute atomic E-state index is 0.0827. The highest BCUT2D eigenvalue weighted by atomic mass is 35.5. The largest absolute Gasteiger partial charge is 0.477 e. The van der Waals surface area contributed by atoms with Crippen LogP contribution in [0.4, 0.5) is 5.69 Å². The van der Waals surface area contributed by atoms with E-state index in [1.165, 1.54) is 16.4 Å². The molecule has 0 spiro atoms. The van der Waals surface area contributed by atoms with E-state index < -0.39 is 20.6 Å². The Bertz CT molecular complexity index is 1240. The molecule has 11 nitrogen and oxygen atoms in total. The summed E-state index contributed by atoms with van der Waals surface area (Å²) in [7, 11) is -3.89. The van der Waals surface area contributed by atoms with Crippen LogP contribution in [0.1, 0.15) is 5.89 Å². The lowest BCUT2D eigenvalue weighted by Crippen LogP contribution is -2.40. The number of sulfonamides is 1. The van der Waals surface area contributed by atoms with Crippen molar-refractivity contribution in [2.75, 3.05) is 26.3 Å². The number of halogens is 1. The average molecular weight is 481 g/mol. The fourth-order valence-electron chi connectivity index (χ4n) is 3.06. The second kappa shape index (κ2) is 9.20. The summed E-state index contributed by atoms with van der Waals surface area (Å²) in [4.78, 5) is 14.8. The number of nitrogens with zero attached hydrogens (tertiary/aromatic N) is 4. The van der Waals surface area contributed by atoms with E-state index in [0.717, 1.165) is 6.07 Å². The molecule has 32 heavy (non-hydrogen) atoms. The van der Waals surface area contributed by atoms with Gasteiger partial charge in [-0.2, -0.15) is 9.29 Å². The number of nitro benzene ring substituents is 1. The fourth-order valence-corrected chi connectivity index (χ4v) is 4.67. The Morgan fingerprint density at radius 3 is 2.69 bits per heavy atom. The summed E-state index contributed by atoms with van der Waals surface area (Å²) in [6, 6.07) is 10.3. The Balaban J connectivity index is 1.52. The minimum Gasteiger partial charge on any atom is -0.477 e. The predicted molar refractivity (Wildman–Crippen MR) is 112 cm³/mol. The van der Waals surface area contributed by atoms with Gasteiger partial charge in [0.1, 0.15) is 0 Å². The summed E-state index contributed by atoms with van der Waals surface area (Å²) in [5.74, 6) is 0.241. The smallest absolute Gasteiger partial charge is 0.312 e. The van der Waals surface area contributed by atoms with E-state index in [1.54, 1.807) is 24.3 Å². The number of nitro groups is 1. The van der Waals surface area contributed by atoms with Crippen molar-refractivity contribution in [2.24, 2.45) is 0 Å². The maximum atomic E-state index is 12.8. The van der Waals surface area contributed by atoms with E-state index in [9.17, 15) is 18.5 Å². The third-order valence-corrected chi connectivity index (χ3v) is 6.77. The first-order valence-corrected chi connectivity index (χ1v) is 11.2. The molecule has 168 valence electrons. The van der Waals surface area contributed by atoms with Crippen molar-refractivity contribution in [3.8, 4) is 17.1 Å². The van der Waals surface area contributed by atoms with Crippen LogP contribution < -0.4 is 4.74 Å². The van der Waals surface area contributed by atoms with E-state index in [-0.39, 0.29) is 55.3 Å². The van der Waals surface area contributed by atoms with E-state index in [2.05, 4.69) is 10.1 Å². The lowest BCUT2D eigenvalue weighted by atomic mass is 10.2. The van der Waals surface area contributed by atoms with E-state index in [1.807, 2.05) is 0 Å². The van der Waals surface area contributed by atoms with Crippen molar-refractivity contribution >= 4 is 27.3 Å². The van der Waals surface area contributed by atoms with E-state index in [4.69, 9.17) is 25.6 Å². The molecule has 2 heterocycles. The normalized spacial score (nSPS) is 14.9. The van der Waals surface area contributed by atoms with Gasteiger partial charge in [0.15, 0.2) is 12.4 Å². The molecule has 1 aliphatic rings. The number of hydrogen-bond acceptors (Lipinski definition) is 9. The molecule has 1 saturated heterocycles.